The molecule has 2 amide bonds. The highest BCUT2D eigenvalue weighted by molar-refractivity contribution is 7.92. The molecule has 0 saturated carbocycles. The van der Waals surface area contributed by atoms with E-state index in [0.29, 0.717) is 5.69 Å². The fourth-order valence-electron chi connectivity index (χ4n) is 2.52. The molecule has 3 N–H and O–H groups in total. The van der Waals surface area contributed by atoms with Crippen molar-refractivity contribution < 1.29 is 22.7 Å². The third kappa shape index (κ3) is 7.96. The number of methoxy groups -OCH3 is 1. The van der Waals surface area contributed by atoms with Crippen molar-refractivity contribution in [1.29, 1.82) is 0 Å². The largest absolute Gasteiger partial charge is 0.497 e. The molecule has 30 heavy (non-hydrogen) atoms. The lowest BCUT2D eigenvalue weighted by atomic mass is 10.2. The Bertz CT molecular complexity index is 1020. The van der Waals surface area contributed by atoms with Crippen LogP contribution in [-0.2, 0) is 26.2 Å². The molecular weight excluding hydrogens is 406 g/mol. The molecule has 2 aromatic carbocycles. The molecule has 2 aromatic rings. The number of hydrogen-bond acceptors (Lipinski definition) is 5. The third-order valence-electron chi connectivity index (χ3n) is 3.99. The van der Waals surface area contributed by atoms with E-state index in [0.717, 1.165) is 23.1 Å². The van der Waals surface area contributed by atoms with Gasteiger partial charge in [0.05, 0.1) is 13.4 Å². The van der Waals surface area contributed by atoms with Crippen molar-refractivity contribution in [3.8, 4) is 5.75 Å². The van der Waals surface area contributed by atoms with Gasteiger partial charge in [0, 0.05) is 18.3 Å². The van der Waals surface area contributed by atoms with Crippen molar-refractivity contribution in [3.63, 3.8) is 0 Å². The zero-order valence-electron chi connectivity index (χ0n) is 17.0. The molecule has 9 heteroatoms. The van der Waals surface area contributed by atoms with Gasteiger partial charge in [0.25, 0.3) is 0 Å². The number of benzene rings is 2. The Kier molecular flexibility index (Phi) is 7.99. The fraction of sp³-hybridized carbons (Fsp3) is 0.238. The maximum atomic E-state index is 12.2. The number of carbonyl (C=O) groups is 2. The number of anilines is 1. The van der Waals surface area contributed by atoms with Crippen LogP contribution in [0, 0.1) is 0 Å². The standard InChI is InChI=1S/C21H25N3O5S/c1-15(23-20(25)12-9-16-7-10-19(29-2)11-8-16)21(26)22-14-17-5-4-6-18(13-17)24-30(3,27)28/h4-13,15,24H,14H2,1-3H3,(H,22,26)(H,23,25)/b12-9+. The molecule has 0 aliphatic rings. The monoisotopic (exact) mass is 431 g/mol. The third-order valence-corrected chi connectivity index (χ3v) is 4.60. The lowest BCUT2D eigenvalue weighted by molar-refractivity contribution is -0.126. The molecular formula is C21H25N3O5S. The number of rotatable bonds is 9. The average Bonchev–Trinajstić information content (AvgIpc) is 2.69. The van der Waals surface area contributed by atoms with Crippen molar-refractivity contribution >= 4 is 33.6 Å². The summed E-state index contributed by atoms with van der Waals surface area (Å²) in [6.07, 6.45) is 4.06. The first-order valence-electron chi connectivity index (χ1n) is 9.13. The number of ether oxygens (including phenoxy) is 1. The van der Waals surface area contributed by atoms with E-state index in [9.17, 15) is 18.0 Å². The molecule has 0 fully saturated rings. The van der Waals surface area contributed by atoms with E-state index in [2.05, 4.69) is 15.4 Å². The molecule has 0 aliphatic carbocycles. The van der Waals surface area contributed by atoms with E-state index >= 15 is 0 Å². The lowest BCUT2D eigenvalue weighted by Gasteiger charge is -2.13. The van der Waals surface area contributed by atoms with Gasteiger partial charge in [-0.25, -0.2) is 8.42 Å². The van der Waals surface area contributed by atoms with E-state index in [1.165, 1.54) is 6.08 Å². The van der Waals surface area contributed by atoms with Gasteiger partial charge in [-0.05, 0) is 48.4 Å². The van der Waals surface area contributed by atoms with E-state index in [1.54, 1.807) is 56.5 Å². The molecule has 1 atom stereocenters. The van der Waals surface area contributed by atoms with Gasteiger partial charge in [0.1, 0.15) is 11.8 Å². The SMILES string of the molecule is COc1ccc(/C=C/C(=O)NC(C)C(=O)NCc2cccc(NS(C)(=O)=O)c2)cc1. The smallest absolute Gasteiger partial charge is 0.244 e. The van der Waals surface area contributed by atoms with Crippen LogP contribution in [0.5, 0.6) is 5.75 Å². The summed E-state index contributed by atoms with van der Waals surface area (Å²) in [7, 11) is -1.80. The summed E-state index contributed by atoms with van der Waals surface area (Å²) < 4.78 is 30.1. The second-order valence-electron chi connectivity index (χ2n) is 6.63. The molecule has 160 valence electrons. The van der Waals surface area contributed by atoms with Crippen LogP contribution in [0.15, 0.2) is 54.6 Å². The molecule has 1 unspecified atom stereocenters. The zero-order valence-corrected chi connectivity index (χ0v) is 17.8. The number of sulfonamides is 1. The Balaban J connectivity index is 1.84. The zero-order chi connectivity index (χ0) is 22.1. The van der Waals surface area contributed by atoms with Crippen molar-refractivity contribution in [2.24, 2.45) is 0 Å². The highest BCUT2D eigenvalue weighted by Gasteiger charge is 2.14. The first-order valence-corrected chi connectivity index (χ1v) is 11.0. The Morgan fingerprint density at radius 1 is 1.13 bits per heavy atom. The molecule has 0 aromatic heterocycles. The Morgan fingerprint density at radius 3 is 2.47 bits per heavy atom. The van der Waals surface area contributed by atoms with Gasteiger partial charge in [-0.1, -0.05) is 24.3 Å². The quantitative estimate of drug-likeness (QED) is 0.525. The number of carbonyl (C=O) groups excluding carboxylic acids is 2. The van der Waals surface area contributed by atoms with Gasteiger partial charge < -0.3 is 15.4 Å². The summed E-state index contributed by atoms with van der Waals surface area (Å²) in [5.74, 6) is -0.0324. The maximum Gasteiger partial charge on any atom is 0.244 e. The van der Waals surface area contributed by atoms with Crippen LogP contribution in [0.4, 0.5) is 5.69 Å². The van der Waals surface area contributed by atoms with Crippen LogP contribution in [0.1, 0.15) is 18.1 Å². The molecule has 0 bridgehead atoms. The maximum absolute atomic E-state index is 12.2. The molecule has 0 saturated heterocycles. The van der Waals surface area contributed by atoms with Gasteiger partial charge in [-0.3, -0.25) is 14.3 Å². The summed E-state index contributed by atoms with van der Waals surface area (Å²) >= 11 is 0. The second kappa shape index (κ2) is 10.4. The highest BCUT2D eigenvalue weighted by atomic mass is 32.2. The van der Waals surface area contributed by atoms with Gasteiger partial charge in [-0.2, -0.15) is 0 Å². The minimum Gasteiger partial charge on any atom is -0.497 e. The van der Waals surface area contributed by atoms with Gasteiger partial charge in [0.15, 0.2) is 0 Å². The van der Waals surface area contributed by atoms with Crippen LogP contribution in [0.25, 0.3) is 6.08 Å². The summed E-state index contributed by atoms with van der Waals surface area (Å²) in [5, 5.41) is 5.31. The van der Waals surface area contributed by atoms with Crippen LogP contribution in [0.3, 0.4) is 0 Å². The van der Waals surface area contributed by atoms with Gasteiger partial charge in [-0.15, -0.1) is 0 Å². The summed E-state index contributed by atoms with van der Waals surface area (Å²) in [6.45, 7) is 1.77. The Morgan fingerprint density at radius 2 is 1.83 bits per heavy atom. The predicted molar refractivity (Wildman–Crippen MR) is 116 cm³/mol. The molecule has 0 aliphatic heterocycles. The molecule has 2 rings (SSSR count). The molecule has 0 heterocycles. The number of amides is 2. The van der Waals surface area contributed by atoms with Crippen LogP contribution in [0.2, 0.25) is 0 Å². The van der Waals surface area contributed by atoms with Crippen molar-refractivity contribution in [2.75, 3.05) is 18.1 Å². The average molecular weight is 432 g/mol. The molecule has 0 spiro atoms. The van der Waals surface area contributed by atoms with Crippen LogP contribution < -0.4 is 20.1 Å². The summed E-state index contributed by atoms with van der Waals surface area (Å²) in [6, 6.07) is 13.1. The second-order valence-corrected chi connectivity index (χ2v) is 8.38. The fourth-order valence-corrected chi connectivity index (χ4v) is 3.07. The summed E-state index contributed by atoms with van der Waals surface area (Å²) in [5.41, 5.74) is 1.95. The van der Waals surface area contributed by atoms with Gasteiger partial charge >= 0.3 is 0 Å². The lowest BCUT2D eigenvalue weighted by Crippen LogP contribution is -2.44. The minimum absolute atomic E-state index is 0.194. The van der Waals surface area contributed by atoms with Gasteiger partial charge in [0.2, 0.25) is 21.8 Å². The van der Waals surface area contributed by atoms with Crippen LogP contribution >= 0.6 is 0 Å². The van der Waals surface area contributed by atoms with Crippen molar-refractivity contribution in [3.05, 3.63) is 65.7 Å². The molecule has 0 radical (unpaired) electrons. The highest BCUT2D eigenvalue weighted by Crippen LogP contribution is 2.13. The van der Waals surface area contributed by atoms with E-state index in [4.69, 9.17) is 4.74 Å². The van der Waals surface area contributed by atoms with E-state index < -0.39 is 22.0 Å². The molecule has 8 nitrogen and oxygen atoms in total. The minimum atomic E-state index is -3.38. The number of hydrogen-bond donors (Lipinski definition) is 3. The first-order chi connectivity index (χ1) is 14.2. The van der Waals surface area contributed by atoms with E-state index in [-0.39, 0.29) is 12.5 Å². The van der Waals surface area contributed by atoms with Crippen molar-refractivity contribution in [2.45, 2.75) is 19.5 Å². The van der Waals surface area contributed by atoms with E-state index in [1.807, 2.05) is 12.1 Å². The van der Waals surface area contributed by atoms with Crippen molar-refractivity contribution in [1.82, 2.24) is 10.6 Å². The normalized spacial score (nSPS) is 12.2. The predicted octanol–water partition coefficient (Wildman–Crippen LogP) is 1.90. The summed E-state index contributed by atoms with van der Waals surface area (Å²) in [4.78, 5) is 24.3. The van der Waals surface area contributed by atoms with Crippen LogP contribution in [-0.4, -0.2) is 39.6 Å². The Hall–Kier alpha value is -3.33. The first kappa shape index (κ1) is 23.0. The number of nitrogens with one attached hydrogen (secondary N) is 3. The Labute approximate surface area is 176 Å². The topological polar surface area (TPSA) is 114 Å².